The molecule has 0 saturated carbocycles. The number of aryl methyl sites for hydroxylation is 2. The molecule has 1 aromatic carbocycles. The number of nitrogens with zero attached hydrogens (tertiary/aromatic N) is 3. The third kappa shape index (κ3) is 5.83. The Morgan fingerprint density at radius 3 is 2.59 bits per heavy atom. The van der Waals surface area contributed by atoms with Crippen LogP contribution in [-0.4, -0.2) is 42.7 Å². The number of aromatic amines is 1. The molecule has 0 unspecified atom stereocenters. The summed E-state index contributed by atoms with van der Waals surface area (Å²) in [4.78, 5) is 31.5. The minimum atomic E-state index is -0.852. The number of unbranched alkanes of at least 4 members (excludes halogenated alkanes) is 3. The number of benzene rings is 1. The zero-order chi connectivity index (χ0) is 23.1. The van der Waals surface area contributed by atoms with Gasteiger partial charge in [-0.2, -0.15) is 0 Å². The van der Waals surface area contributed by atoms with Crippen molar-refractivity contribution in [1.82, 2.24) is 19.1 Å². The van der Waals surface area contributed by atoms with E-state index in [0.717, 1.165) is 31.4 Å². The number of aromatic nitrogens is 4. The van der Waals surface area contributed by atoms with Gasteiger partial charge in [-0.1, -0.05) is 57.0 Å². The second kappa shape index (κ2) is 11.4. The molecule has 3 rings (SSSR count). The van der Waals surface area contributed by atoms with E-state index in [-0.39, 0.29) is 18.7 Å². The number of nitrogens with one attached hydrogen (secondary N) is 1. The highest BCUT2D eigenvalue weighted by Crippen LogP contribution is 2.23. The number of hydrogen-bond acceptors (Lipinski definition) is 6. The van der Waals surface area contributed by atoms with Gasteiger partial charge in [0.05, 0.1) is 6.54 Å². The van der Waals surface area contributed by atoms with Crippen LogP contribution in [0.15, 0.2) is 39.0 Å². The first-order chi connectivity index (χ1) is 15.4. The SMILES string of the molecule is CCCCCCSc1nc2c(c(=O)[nH]c(=O)n2C)n1C[C@H](O)COc1ccc(CC)cc1. The normalized spacial score (nSPS) is 12.4. The first-order valence-electron chi connectivity index (χ1n) is 11.2. The molecule has 3 aromatic rings. The number of aliphatic hydroxyl groups is 1. The van der Waals surface area contributed by atoms with Crippen LogP contribution in [0.2, 0.25) is 0 Å². The van der Waals surface area contributed by atoms with E-state index >= 15 is 0 Å². The molecule has 0 saturated heterocycles. The molecule has 0 spiro atoms. The Morgan fingerprint density at radius 2 is 1.91 bits per heavy atom. The number of hydrogen-bond donors (Lipinski definition) is 2. The van der Waals surface area contributed by atoms with Gasteiger partial charge in [-0.3, -0.25) is 14.3 Å². The minimum Gasteiger partial charge on any atom is -0.491 e. The quantitative estimate of drug-likeness (QED) is 0.318. The Kier molecular flexibility index (Phi) is 8.58. The van der Waals surface area contributed by atoms with E-state index in [1.165, 1.54) is 28.3 Å². The first-order valence-corrected chi connectivity index (χ1v) is 12.1. The fraction of sp³-hybridized carbons (Fsp3) is 0.522. The summed E-state index contributed by atoms with van der Waals surface area (Å²) in [6.07, 6.45) is 4.61. The second-order valence-corrected chi connectivity index (χ2v) is 8.93. The Balaban J connectivity index is 1.78. The van der Waals surface area contributed by atoms with Crippen LogP contribution >= 0.6 is 11.8 Å². The van der Waals surface area contributed by atoms with Crippen molar-refractivity contribution in [3.05, 3.63) is 50.7 Å². The predicted octanol–water partition coefficient (Wildman–Crippen LogP) is 3.10. The van der Waals surface area contributed by atoms with Crippen LogP contribution in [0.3, 0.4) is 0 Å². The van der Waals surface area contributed by atoms with Crippen molar-refractivity contribution in [2.24, 2.45) is 7.05 Å². The van der Waals surface area contributed by atoms with Crippen LogP contribution in [0, 0.1) is 0 Å². The Bertz CT molecular complexity index is 1130. The van der Waals surface area contributed by atoms with Gasteiger partial charge in [-0.05, 0) is 30.5 Å². The van der Waals surface area contributed by atoms with E-state index in [1.54, 1.807) is 11.6 Å². The van der Waals surface area contributed by atoms with E-state index in [2.05, 4.69) is 23.8 Å². The van der Waals surface area contributed by atoms with Gasteiger partial charge in [-0.25, -0.2) is 9.78 Å². The van der Waals surface area contributed by atoms with Gasteiger partial charge in [0.25, 0.3) is 5.56 Å². The monoisotopic (exact) mass is 460 g/mol. The third-order valence-electron chi connectivity index (χ3n) is 5.37. The summed E-state index contributed by atoms with van der Waals surface area (Å²) in [6.45, 7) is 4.48. The van der Waals surface area contributed by atoms with Gasteiger partial charge in [0.15, 0.2) is 16.3 Å². The molecular weight excluding hydrogens is 428 g/mol. The summed E-state index contributed by atoms with van der Waals surface area (Å²) in [6, 6.07) is 7.77. The molecule has 0 aliphatic heterocycles. The number of H-pyrrole nitrogens is 1. The van der Waals surface area contributed by atoms with Crippen LogP contribution < -0.4 is 16.0 Å². The van der Waals surface area contributed by atoms with E-state index in [0.29, 0.717) is 16.6 Å². The molecule has 0 aliphatic rings. The van der Waals surface area contributed by atoms with Crippen LogP contribution in [-0.2, 0) is 20.0 Å². The zero-order valence-electron chi connectivity index (χ0n) is 19.0. The Morgan fingerprint density at radius 1 is 1.16 bits per heavy atom. The van der Waals surface area contributed by atoms with Gasteiger partial charge < -0.3 is 14.4 Å². The van der Waals surface area contributed by atoms with E-state index < -0.39 is 17.4 Å². The molecule has 1 atom stereocenters. The van der Waals surface area contributed by atoms with Crippen molar-refractivity contribution in [1.29, 1.82) is 0 Å². The smallest absolute Gasteiger partial charge is 0.329 e. The molecule has 32 heavy (non-hydrogen) atoms. The van der Waals surface area contributed by atoms with Gasteiger partial charge in [0.2, 0.25) is 0 Å². The lowest BCUT2D eigenvalue weighted by molar-refractivity contribution is 0.0913. The largest absolute Gasteiger partial charge is 0.491 e. The molecule has 0 amide bonds. The molecule has 174 valence electrons. The zero-order valence-corrected chi connectivity index (χ0v) is 19.8. The molecule has 0 radical (unpaired) electrons. The summed E-state index contributed by atoms with van der Waals surface area (Å²) < 4.78 is 8.76. The van der Waals surface area contributed by atoms with Crippen molar-refractivity contribution >= 4 is 22.9 Å². The summed E-state index contributed by atoms with van der Waals surface area (Å²) in [5, 5.41) is 11.3. The van der Waals surface area contributed by atoms with E-state index in [9.17, 15) is 14.7 Å². The molecule has 2 heterocycles. The summed E-state index contributed by atoms with van der Waals surface area (Å²) in [5.41, 5.74) is 0.809. The van der Waals surface area contributed by atoms with Gasteiger partial charge in [-0.15, -0.1) is 0 Å². The molecule has 2 aromatic heterocycles. The van der Waals surface area contributed by atoms with Crippen LogP contribution in [0.1, 0.15) is 45.1 Å². The number of imidazole rings is 1. The topological polar surface area (TPSA) is 102 Å². The molecular formula is C23H32N4O4S. The maximum absolute atomic E-state index is 12.6. The second-order valence-electron chi connectivity index (χ2n) is 7.87. The van der Waals surface area contributed by atoms with Crippen LogP contribution in [0.5, 0.6) is 5.75 Å². The highest BCUT2D eigenvalue weighted by Gasteiger charge is 2.20. The summed E-state index contributed by atoms with van der Waals surface area (Å²) in [7, 11) is 1.58. The Labute approximate surface area is 191 Å². The van der Waals surface area contributed by atoms with E-state index in [4.69, 9.17) is 4.74 Å². The fourth-order valence-corrected chi connectivity index (χ4v) is 4.47. The Hall–Kier alpha value is -2.52. The van der Waals surface area contributed by atoms with Crippen molar-refractivity contribution in [2.75, 3.05) is 12.4 Å². The lowest BCUT2D eigenvalue weighted by Gasteiger charge is -2.15. The highest BCUT2D eigenvalue weighted by atomic mass is 32.2. The molecule has 8 nitrogen and oxygen atoms in total. The average molecular weight is 461 g/mol. The summed E-state index contributed by atoms with van der Waals surface area (Å²) in [5.74, 6) is 1.54. The number of rotatable bonds is 12. The lowest BCUT2D eigenvalue weighted by Crippen LogP contribution is -2.30. The number of fused-ring (bicyclic) bond motifs is 1. The van der Waals surface area contributed by atoms with Crippen LogP contribution in [0.25, 0.3) is 11.2 Å². The van der Waals surface area contributed by atoms with Crippen LogP contribution in [0.4, 0.5) is 0 Å². The standard InChI is InChI=1S/C23H32N4O4S/c1-4-6-7-8-13-32-23-24-20-19(21(29)25-22(30)26(20)3)27(23)14-17(28)15-31-18-11-9-16(5-2)10-12-18/h9-12,17,28H,4-8,13-15H2,1-3H3,(H,25,29,30)/t17-/m0/s1. The maximum Gasteiger partial charge on any atom is 0.329 e. The first kappa shape index (κ1) is 24.1. The fourth-order valence-electron chi connectivity index (χ4n) is 3.46. The molecule has 2 N–H and O–H groups in total. The number of thioether (sulfide) groups is 1. The average Bonchev–Trinajstić information content (AvgIpc) is 3.15. The van der Waals surface area contributed by atoms with Crippen molar-refractivity contribution in [3.8, 4) is 5.75 Å². The predicted molar refractivity (Wildman–Crippen MR) is 128 cm³/mol. The number of ether oxygens (including phenoxy) is 1. The molecule has 9 heteroatoms. The molecule has 0 bridgehead atoms. The van der Waals surface area contributed by atoms with Gasteiger partial charge in [0, 0.05) is 12.8 Å². The summed E-state index contributed by atoms with van der Waals surface area (Å²) >= 11 is 1.54. The lowest BCUT2D eigenvalue weighted by atomic mass is 10.2. The maximum atomic E-state index is 12.6. The van der Waals surface area contributed by atoms with Crippen molar-refractivity contribution < 1.29 is 9.84 Å². The molecule has 0 aliphatic carbocycles. The van der Waals surface area contributed by atoms with E-state index in [1.807, 2.05) is 24.3 Å². The number of aliphatic hydroxyl groups excluding tert-OH is 1. The minimum absolute atomic E-state index is 0.0788. The van der Waals surface area contributed by atoms with Gasteiger partial charge >= 0.3 is 5.69 Å². The van der Waals surface area contributed by atoms with Crippen molar-refractivity contribution in [2.45, 2.75) is 63.8 Å². The van der Waals surface area contributed by atoms with Gasteiger partial charge in [0.1, 0.15) is 18.5 Å². The molecule has 0 fully saturated rings. The third-order valence-corrected chi connectivity index (χ3v) is 6.43. The van der Waals surface area contributed by atoms with Crippen molar-refractivity contribution in [3.63, 3.8) is 0 Å². The highest BCUT2D eigenvalue weighted by molar-refractivity contribution is 7.99.